The number of nitrogens with one attached hydrogen (secondary N) is 1. The zero-order valence-corrected chi connectivity index (χ0v) is 23.3. The molecule has 0 aromatic heterocycles. The van der Waals surface area contributed by atoms with E-state index in [-0.39, 0.29) is 18.5 Å². The molecule has 2 amide bonds. The van der Waals surface area contributed by atoms with Crippen molar-refractivity contribution in [3.63, 3.8) is 0 Å². The van der Waals surface area contributed by atoms with E-state index in [9.17, 15) is 18.0 Å². The zero-order chi connectivity index (χ0) is 26.5. The minimum absolute atomic E-state index is 0.0597. The van der Waals surface area contributed by atoms with Crippen molar-refractivity contribution in [3.8, 4) is 0 Å². The van der Waals surface area contributed by atoms with E-state index in [1.54, 1.807) is 37.3 Å². The summed E-state index contributed by atoms with van der Waals surface area (Å²) in [5, 5.41) is 3.55. The second kappa shape index (κ2) is 12.1. The highest BCUT2D eigenvalue weighted by atomic mass is 35.5. The van der Waals surface area contributed by atoms with Crippen LogP contribution in [0.2, 0.25) is 10.0 Å². The summed E-state index contributed by atoms with van der Waals surface area (Å²) >= 11 is 12.2. The molecule has 192 valence electrons. The first kappa shape index (κ1) is 28.9. The van der Waals surface area contributed by atoms with Crippen LogP contribution in [0.5, 0.6) is 0 Å². The van der Waals surface area contributed by atoms with Crippen molar-refractivity contribution in [2.24, 2.45) is 0 Å². The van der Waals surface area contributed by atoms with E-state index in [0.29, 0.717) is 27.7 Å². The van der Waals surface area contributed by atoms with Gasteiger partial charge in [-0.1, -0.05) is 42.3 Å². The second-order valence-electron chi connectivity index (χ2n) is 8.97. The maximum atomic E-state index is 13.7. The van der Waals surface area contributed by atoms with Gasteiger partial charge in [-0.25, -0.2) is 8.42 Å². The summed E-state index contributed by atoms with van der Waals surface area (Å²) in [7, 11) is -3.79. The lowest BCUT2D eigenvalue weighted by atomic mass is 10.1. The summed E-state index contributed by atoms with van der Waals surface area (Å²) in [6.45, 7) is 8.80. The Morgan fingerprint density at radius 3 is 2.09 bits per heavy atom. The highest BCUT2D eigenvalue weighted by Gasteiger charge is 2.32. The monoisotopic (exact) mass is 541 g/mol. The molecule has 0 heterocycles. The standard InChI is InChI=1S/C25H33Cl2N3O4S/c1-7-23(25(32)28-16(2)3)29(14-19-8-9-21(26)22(27)13-19)24(31)15-30(35(6,33)34)20-11-17(4)10-18(5)12-20/h8-13,16,23H,7,14-15H2,1-6H3,(H,28,32)/t23-/m0/s1. The van der Waals surface area contributed by atoms with Crippen LogP contribution in [0.1, 0.15) is 43.9 Å². The summed E-state index contributed by atoms with van der Waals surface area (Å²) in [4.78, 5) is 28.1. The molecule has 0 saturated carbocycles. The van der Waals surface area contributed by atoms with Crippen molar-refractivity contribution in [1.29, 1.82) is 0 Å². The summed E-state index contributed by atoms with van der Waals surface area (Å²) in [5.74, 6) is -0.820. The Balaban J connectivity index is 2.50. The van der Waals surface area contributed by atoms with Crippen molar-refractivity contribution in [2.75, 3.05) is 17.1 Å². The molecule has 0 radical (unpaired) electrons. The van der Waals surface area contributed by atoms with Gasteiger partial charge in [-0.2, -0.15) is 0 Å². The third-order valence-electron chi connectivity index (χ3n) is 5.33. The number of halogens is 2. The number of sulfonamides is 1. The van der Waals surface area contributed by atoms with Gasteiger partial charge in [0.1, 0.15) is 12.6 Å². The first-order valence-corrected chi connectivity index (χ1v) is 13.9. The normalized spacial score (nSPS) is 12.4. The first-order valence-electron chi connectivity index (χ1n) is 11.3. The quantitative estimate of drug-likeness (QED) is 0.471. The summed E-state index contributed by atoms with van der Waals surface area (Å²) in [5.41, 5.74) is 2.81. The van der Waals surface area contributed by atoms with Gasteiger partial charge in [-0.15, -0.1) is 0 Å². The Labute approximate surface area is 218 Å². The van der Waals surface area contributed by atoms with Gasteiger partial charge in [0.25, 0.3) is 0 Å². The van der Waals surface area contributed by atoms with Crippen LogP contribution in [-0.4, -0.2) is 50.0 Å². The van der Waals surface area contributed by atoms with Crippen molar-refractivity contribution in [3.05, 3.63) is 63.1 Å². The van der Waals surface area contributed by atoms with Crippen LogP contribution < -0.4 is 9.62 Å². The Morgan fingerprint density at radius 2 is 1.60 bits per heavy atom. The molecule has 0 aliphatic rings. The lowest BCUT2D eigenvalue weighted by Gasteiger charge is -2.33. The van der Waals surface area contributed by atoms with E-state index in [4.69, 9.17) is 23.2 Å². The smallest absolute Gasteiger partial charge is 0.244 e. The third-order valence-corrected chi connectivity index (χ3v) is 7.21. The molecule has 2 aromatic carbocycles. The number of amides is 2. The number of hydrogen-bond donors (Lipinski definition) is 1. The van der Waals surface area contributed by atoms with Gasteiger partial charge in [-0.05, 0) is 75.1 Å². The number of anilines is 1. The van der Waals surface area contributed by atoms with Crippen LogP contribution >= 0.6 is 23.2 Å². The van der Waals surface area contributed by atoms with Gasteiger partial charge in [0, 0.05) is 12.6 Å². The van der Waals surface area contributed by atoms with Crippen LogP contribution in [0, 0.1) is 13.8 Å². The molecule has 10 heteroatoms. The molecule has 7 nitrogen and oxygen atoms in total. The number of carbonyl (C=O) groups is 2. The Kier molecular flexibility index (Phi) is 10.0. The predicted molar refractivity (Wildman–Crippen MR) is 142 cm³/mol. The minimum Gasteiger partial charge on any atom is -0.352 e. The summed E-state index contributed by atoms with van der Waals surface area (Å²) in [6, 6.07) is 9.40. The minimum atomic E-state index is -3.79. The van der Waals surface area contributed by atoms with Crippen LogP contribution in [0.15, 0.2) is 36.4 Å². The maximum Gasteiger partial charge on any atom is 0.244 e. The van der Waals surface area contributed by atoms with Gasteiger partial charge < -0.3 is 10.2 Å². The number of rotatable bonds is 10. The van der Waals surface area contributed by atoms with Crippen molar-refractivity contribution in [1.82, 2.24) is 10.2 Å². The van der Waals surface area contributed by atoms with E-state index in [1.165, 1.54) is 4.90 Å². The van der Waals surface area contributed by atoms with Crippen molar-refractivity contribution < 1.29 is 18.0 Å². The fourth-order valence-electron chi connectivity index (χ4n) is 3.84. The molecule has 0 aliphatic carbocycles. The summed E-state index contributed by atoms with van der Waals surface area (Å²) in [6.07, 6.45) is 1.40. The van der Waals surface area contributed by atoms with Gasteiger partial charge in [-0.3, -0.25) is 13.9 Å². The zero-order valence-electron chi connectivity index (χ0n) is 20.9. The molecule has 1 N–H and O–H groups in total. The topological polar surface area (TPSA) is 86.8 Å². The Hall–Kier alpha value is -2.29. The van der Waals surface area contributed by atoms with Crippen molar-refractivity contribution >= 4 is 50.7 Å². The molecule has 0 aliphatic heterocycles. The number of nitrogens with zero attached hydrogens (tertiary/aromatic N) is 2. The first-order chi connectivity index (χ1) is 16.2. The van der Waals surface area contributed by atoms with E-state index in [1.807, 2.05) is 33.8 Å². The molecule has 2 aromatic rings. The molecular formula is C25H33Cl2N3O4S. The van der Waals surface area contributed by atoms with E-state index < -0.39 is 28.5 Å². The molecule has 0 fully saturated rings. The highest BCUT2D eigenvalue weighted by molar-refractivity contribution is 7.92. The molecule has 2 rings (SSSR count). The lowest BCUT2D eigenvalue weighted by molar-refractivity contribution is -0.140. The Morgan fingerprint density at radius 1 is 1.00 bits per heavy atom. The van der Waals surface area contributed by atoms with Crippen LogP contribution in [0.3, 0.4) is 0 Å². The van der Waals surface area contributed by atoms with Gasteiger partial charge in [0.15, 0.2) is 0 Å². The van der Waals surface area contributed by atoms with E-state index in [2.05, 4.69) is 5.32 Å². The average molecular weight is 543 g/mol. The van der Waals surface area contributed by atoms with Crippen molar-refractivity contribution in [2.45, 2.75) is 59.7 Å². The number of hydrogen-bond acceptors (Lipinski definition) is 4. The molecule has 0 spiro atoms. The number of aryl methyl sites for hydroxylation is 2. The molecule has 0 bridgehead atoms. The van der Waals surface area contributed by atoms with E-state index in [0.717, 1.165) is 21.7 Å². The van der Waals surface area contributed by atoms with Crippen LogP contribution in [0.4, 0.5) is 5.69 Å². The second-order valence-corrected chi connectivity index (χ2v) is 11.7. The molecular weight excluding hydrogens is 509 g/mol. The number of carbonyl (C=O) groups excluding carboxylic acids is 2. The third kappa shape index (κ3) is 8.12. The average Bonchev–Trinajstić information content (AvgIpc) is 2.72. The lowest BCUT2D eigenvalue weighted by Crippen LogP contribution is -2.53. The molecule has 1 atom stereocenters. The van der Waals surface area contributed by atoms with Crippen LogP contribution in [-0.2, 0) is 26.2 Å². The molecule has 0 saturated heterocycles. The molecule has 35 heavy (non-hydrogen) atoms. The van der Waals surface area contributed by atoms with E-state index >= 15 is 0 Å². The van der Waals surface area contributed by atoms with Gasteiger partial charge in [0.05, 0.1) is 22.0 Å². The van der Waals surface area contributed by atoms with Gasteiger partial charge >= 0.3 is 0 Å². The van der Waals surface area contributed by atoms with Crippen LogP contribution in [0.25, 0.3) is 0 Å². The Bertz CT molecular complexity index is 1160. The maximum absolute atomic E-state index is 13.7. The largest absolute Gasteiger partial charge is 0.352 e. The highest BCUT2D eigenvalue weighted by Crippen LogP contribution is 2.25. The SMILES string of the molecule is CC[C@@H](C(=O)NC(C)C)N(Cc1ccc(Cl)c(Cl)c1)C(=O)CN(c1cc(C)cc(C)c1)S(C)(=O)=O. The molecule has 0 unspecified atom stereocenters. The fraction of sp³-hybridized carbons (Fsp3) is 0.440. The predicted octanol–water partition coefficient (Wildman–Crippen LogP) is 4.71. The fourth-order valence-corrected chi connectivity index (χ4v) is 5.00. The van der Waals surface area contributed by atoms with Gasteiger partial charge in [0.2, 0.25) is 21.8 Å². The number of benzene rings is 2. The summed E-state index contributed by atoms with van der Waals surface area (Å²) < 4.78 is 26.5.